The summed E-state index contributed by atoms with van der Waals surface area (Å²) in [4.78, 5) is 16.4. The zero-order valence-corrected chi connectivity index (χ0v) is 12.6. The molecule has 2 rings (SSSR count). The third-order valence-corrected chi connectivity index (χ3v) is 3.57. The number of nitriles is 1. The standard InChI is InChI=1S/C15H21N5O/c1-8(2)19-14-13(9(3)11(6-16)7-18-14)20-15(21)12(17)10-4-5-10/h7-8,10,12H,4-5,17H2,1-3H3,(H,18,19)(H,20,21)/t12-/m0/s1. The molecule has 6 nitrogen and oxygen atoms in total. The first-order valence-electron chi connectivity index (χ1n) is 7.16. The highest BCUT2D eigenvalue weighted by Gasteiger charge is 2.33. The van der Waals surface area contributed by atoms with Gasteiger partial charge in [-0.15, -0.1) is 0 Å². The number of nitrogens with one attached hydrogen (secondary N) is 2. The second-order valence-corrected chi connectivity index (χ2v) is 5.78. The van der Waals surface area contributed by atoms with E-state index >= 15 is 0 Å². The lowest BCUT2D eigenvalue weighted by Gasteiger charge is -2.19. The summed E-state index contributed by atoms with van der Waals surface area (Å²) in [6.45, 7) is 5.76. The van der Waals surface area contributed by atoms with Crippen LogP contribution in [0.2, 0.25) is 0 Å². The molecule has 0 spiro atoms. The summed E-state index contributed by atoms with van der Waals surface area (Å²) >= 11 is 0. The fraction of sp³-hybridized carbons (Fsp3) is 0.533. The largest absolute Gasteiger partial charge is 0.366 e. The molecule has 1 heterocycles. The molecule has 1 atom stereocenters. The van der Waals surface area contributed by atoms with Crippen molar-refractivity contribution in [2.75, 3.05) is 10.6 Å². The van der Waals surface area contributed by atoms with Gasteiger partial charge in [-0.25, -0.2) is 4.98 Å². The van der Waals surface area contributed by atoms with Crippen molar-refractivity contribution in [3.63, 3.8) is 0 Å². The van der Waals surface area contributed by atoms with Gasteiger partial charge in [-0.05, 0) is 45.1 Å². The molecule has 1 amide bonds. The Bertz CT molecular complexity index is 586. The Morgan fingerprint density at radius 2 is 2.19 bits per heavy atom. The van der Waals surface area contributed by atoms with Crippen LogP contribution in [0, 0.1) is 24.2 Å². The van der Waals surface area contributed by atoms with Gasteiger partial charge in [-0.1, -0.05) is 0 Å². The molecule has 112 valence electrons. The summed E-state index contributed by atoms with van der Waals surface area (Å²) in [5, 5.41) is 15.1. The number of rotatable bonds is 5. The monoisotopic (exact) mass is 287 g/mol. The van der Waals surface area contributed by atoms with Gasteiger partial charge in [-0.3, -0.25) is 4.79 Å². The van der Waals surface area contributed by atoms with Crippen molar-refractivity contribution < 1.29 is 4.79 Å². The summed E-state index contributed by atoms with van der Waals surface area (Å²) in [5.41, 5.74) is 7.61. The van der Waals surface area contributed by atoms with Crippen LogP contribution in [0.4, 0.5) is 11.5 Å². The first-order chi connectivity index (χ1) is 9.93. The Kier molecular flexibility index (Phi) is 4.43. The van der Waals surface area contributed by atoms with Gasteiger partial charge in [0, 0.05) is 12.2 Å². The topological polar surface area (TPSA) is 104 Å². The third kappa shape index (κ3) is 3.50. The molecule has 1 aliphatic rings. The van der Waals surface area contributed by atoms with Crippen molar-refractivity contribution in [2.24, 2.45) is 11.7 Å². The number of carbonyl (C=O) groups excluding carboxylic acids is 1. The van der Waals surface area contributed by atoms with Crippen molar-refractivity contribution in [3.05, 3.63) is 17.3 Å². The van der Waals surface area contributed by atoms with Crippen LogP contribution < -0.4 is 16.4 Å². The highest BCUT2D eigenvalue weighted by atomic mass is 16.2. The lowest BCUT2D eigenvalue weighted by Crippen LogP contribution is -2.37. The van der Waals surface area contributed by atoms with Crippen LogP contribution >= 0.6 is 0 Å². The van der Waals surface area contributed by atoms with Gasteiger partial charge >= 0.3 is 0 Å². The number of anilines is 2. The van der Waals surface area contributed by atoms with Gasteiger partial charge < -0.3 is 16.4 Å². The van der Waals surface area contributed by atoms with Gasteiger partial charge in [-0.2, -0.15) is 5.26 Å². The van der Waals surface area contributed by atoms with E-state index in [0.717, 1.165) is 12.8 Å². The summed E-state index contributed by atoms with van der Waals surface area (Å²) in [5.74, 6) is 0.626. The highest BCUT2D eigenvalue weighted by Crippen LogP contribution is 2.33. The average molecular weight is 287 g/mol. The van der Waals surface area contributed by atoms with Crippen molar-refractivity contribution >= 4 is 17.4 Å². The SMILES string of the molecule is Cc1c(C#N)cnc(NC(C)C)c1NC(=O)[C@@H](N)C1CC1. The van der Waals surface area contributed by atoms with Crippen LogP contribution in [0.25, 0.3) is 0 Å². The Morgan fingerprint density at radius 3 is 2.71 bits per heavy atom. The molecule has 0 bridgehead atoms. The molecule has 0 aromatic carbocycles. The maximum Gasteiger partial charge on any atom is 0.241 e. The molecule has 21 heavy (non-hydrogen) atoms. The van der Waals surface area contributed by atoms with E-state index in [9.17, 15) is 4.79 Å². The van der Waals surface area contributed by atoms with Gasteiger partial charge in [0.15, 0.2) is 0 Å². The number of hydrogen-bond acceptors (Lipinski definition) is 5. The van der Waals surface area contributed by atoms with E-state index in [4.69, 9.17) is 11.0 Å². The number of carbonyl (C=O) groups is 1. The zero-order valence-electron chi connectivity index (χ0n) is 12.6. The maximum atomic E-state index is 12.2. The second-order valence-electron chi connectivity index (χ2n) is 5.78. The summed E-state index contributed by atoms with van der Waals surface area (Å²) in [7, 11) is 0. The van der Waals surface area contributed by atoms with E-state index < -0.39 is 6.04 Å². The molecule has 1 aromatic rings. The van der Waals surface area contributed by atoms with Gasteiger partial charge in [0.05, 0.1) is 17.3 Å². The molecular weight excluding hydrogens is 266 g/mol. The van der Waals surface area contributed by atoms with E-state index in [1.54, 1.807) is 6.92 Å². The molecule has 0 unspecified atom stereocenters. The number of nitrogens with two attached hydrogens (primary N) is 1. The molecule has 1 aromatic heterocycles. The van der Waals surface area contributed by atoms with Crippen LogP contribution in [0.15, 0.2) is 6.20 Å². The zero-order chi connectivity index (χ0) is 15.6. The van der Waals surface area contributed by atoms with Crippen LogP contribution in [0.3, 0.4) is 0 Å². The first kappa shape index (κ1) is 15.3. The van der Waals surface area contributed by atoms with Crippen molar-refractivity contribution in [3.8, 4) is 6.07 Å². The average Bonchev–Trinajstić information content (AvgIpc) is 3.26. The van der Waals surface area contributed by atoms with Crippen LogP contribution in [0.1, 0.15) is 37.8 Å². The van der Waals surface area contributed by atoms with E-state index in [1.807, 2.05) is 13.8 Å². The molecule has 1 saturated carbocycles. The minimum absolute atomic E-state index is 0.164. The number of aromatic nitrogens is 1. The molecule has 0 aliphatic heterocycles. The van der Waals surface area contributed by atoms with E-state index in [1.165, 1.54) is 6.20 Å². The minimum Gasteiger partial charge on any atom is -0.366 e. The Balaban J connectivity index is 2.29. The second kappa shape index (κ2) is 6.10. The minimum atomic E-state index is -0.498. The lowest BCUT2D eigenvalue weighted by molar-refractivity contribution is -0.117. The predicted octanol–water partition coefficient (Wildman–Crippen LogP) is 1.76. The summed E-state index contributed by atoms with van der Waals surface area (Å²) in [6, 6.07) is 1.75. The molecule has 4 N–H and O–H groups in total. The maximum absolute atomic E-state index is 12.2. The first-order valence-corrected chi connectivity index (χ1v) is 7.16. The predicted molar refractivity (Wildman–Crippen MR) is 81.8 cm³/mol. The highest BCUT2D eigenvalue weighted by molar-refractivity contribution is 5.98. The van der Waals surface area contributed by atoms with Crippen LogP contribution in [-0.4, -0.2) is 23.0 Å². The van der Waals surface area contributed by atoms with Gasteiger partial charge in [0.2, 0.25) is 5.91 Å². The molecule has 6 heteroatoms. The molecular formula is C15H21N5O. The Hall–Kier alpha value is -2.13. The molecule has 0 radical (unpaired) electrons. The van der Waals surface area contributed by atoms with E-state index in [2.05, 4.69) is 21.7 Å². The van der Waals surface area contributed by atoms with Crippen LogP contribution in [0.5, 0.6) is 0 Å². The van der Waals surface area contributed by atoms with E-state index in [0.29, 0.717) is 22.6 Å². The van der Waals surface area contributed by atoms with E-state index in [-0.39, 0.29) is 17.9 Å². The number of hydrogen-bond donors (Lipinski definition) is 3. The van der Waals surface area contributed by atoms with Crippen LogP contribution in [-0.2, 0) is 4.79 Å². The number of pyridine rings is 1. The quantitative estimate of drug-likeness (QED) is 0.765. The summed E-state index contributed by atoms with van der Waals surface area (Å²) in [6.07, 6.45) is 3.51. The fourth-order valence-corrected chi connectivity index (χ4v) is 2.13. The fourth-order valence-electron chi connectivity index (χ4n) is 2.13. The number of amides is 1. The van der Waals surface area contributed by atoms with Crippen molar-refractivity contribution in [2.45, 2.75) is 45.7 Å². The lowest BCUT2D eigenvalue weighted by atomic mass is 10.1. The number of nitrogens with zero attached hydrogens (tertiary/aromatic N) is 2. The molecule has 0 saturated heterocycles. The van der Waals surface area contributed by atoms with Crippen molar-refractivity contribution in [1.29, 1.82) is 5.26 Å². The Labute approximate surface area is 124 Å². The Morgan fingerprint density at radius 1 is 1.52 bits per heavy atom. The van der Waals surface area contributed by atoms with Gasteiger partial charge in [0.1, 0.15) is 11.9 Å². The van der Waals surface area contributed by atoms with Gasteiger partial charge in [0.25, 0.3) is 0 Å². The smallest absolute Gasteiger partial charge is 0.241 e. The molecule has 1 fully saturated rings. The normalized spacial score (nSPS) is 15.4. The molecule has 1 aliphatic carbocycles. The third-order valence-electron chi connectivity index (χ3n) is 3.57. The van der Waals surface area contributed by atoms with Crippen molar-refractivity contribution in [1.82, 2.24) is 4.98 Å². The summed E-state index contributed by atoms with van der Waals surface area (Å²) < 4.78 is 0.